The average molecular weight is 275 g/mol. The van der Waals surface area contributed by atoms with Crippen LogP contribution in [0.15, 0.2) is 0 Å². The molecular formula is C14H27ClN2O. The predicted molar refractivity (Wildman–Crippen MR) is 76.8 cm³/mol. The van der Waals surface area contributed by atoms with Gasteiger partial charge in [0.15, 0.2) is 0 Å². The standard InChI is InChI=1S/C14H26N2O.ClH/c1-3-14(7-4-5-8-14)13(17)16-9-6-12(15)11(2)10-16;/h11-12H,3-10,15H2,1-2H3;1H. The molecule has 4 heteroatoms. The first-order chi connectivity index (χ1) is 8.09. The lowest BCUT2D eigenvalue weighted by Crippen LogP contribution is -2.52. The van der Waals surface area contributed by atoms with E-state index >= 15 is 0 Å². The second-order valence-electron chi connectivity index (χ2n) is 6.02. The minimum absolute atomic E-state index is 0. The summed E-state index contributed by atoms with van der Waals surface area (Å²) in [6.45, 7) is 6.06. The quantitative estimate of drug-likeness (QED) is 0.841. The number of halogens is 1. The zero-order valence-electron chi connectivity index (χ0n) is 11.7. The highest BCUT2D eigenvalue weighted by Crippen LogP contribution is 2.43. The molecule has 2 unspecified atom stereocenters. The third-order valence-electron chi connectivity index (χ3n) is 4.95. The van der Waals surface area contributed by atoms with Crippen molar-refractivity contribution in [3.05, 3.63) is 0 Å². The summed E-state index contributed by atoms with van der Waals surface area (Å²) >= 11 is 0. The van der Waals surface area contributed by atoms with Crippen LogP contribution < -0.4 is 5.73 Å². The molecule has 2 rings (SSSR count). The molecule has 1 saturated heterocycles. The van der Waals surface area contributed by atoms with Crippen molar-refractivity contribution >= 4 is 18.3 Å². The number of nitrogens with zero attached hydrogens (tertiary/aromatic N) is 1. The molecule has 18 heavy (non-hydrogen) atoms. The summed E-state index contributed by atoms with van der Waals surface area (Å²) in [5.74, 6) is 0.860. The molecule has 1 aliphatic heterocycles. The molecule has 0 radical (unpaired) electrons. The van der Waals surface area contributed by atoms with Crippen LogP contribution >= 0.6 is 12.4 Å². The number of piperidine rings is 1. The van der Waals surface area contributed by atoms with Crippen LogP contribution in [0, 0.1) is 11.3 Å². The van der Waals surface area contributed by atoms with Gasteiger partial charge in [0.05, 0.1) is 0 Å². The minimum Gasteiger partial charge on any atom is -0.342 e. The number of amides is 1. The zero-order chi connectivity index (χ0) is 12.5. The monoisotopic (exact) mass is 274 g/mol. The normalized spacial score (nSPS) is 30.9. The van der Waals surface area contributed by atoms with Crippen LogP contribution in [0.3, 0.4) is 0 Å². The molecule has 0 aromatic heterocycles. The first kappa shape index (κ1) is 15.8. The van der Waals surface area contributed by atoms with Crippen LogP contribution in [-0.4, -0.2) is 29.9 Å². The molecule has 1 aliphatic carbocycles. The lowest BCUT2D eigenvalue weighted by atomic mass is 9.80. The zero-order valence-corrected chi connectivity index (χ0v) is 12.5. The molecule has 106 valence electrons. The Hall–Kier alpha value is -0.280. The van der Waals surface area contributed by atoms with Gasteiger partial charge in [-0.1, -0.05) is 26.7 Å². The van der Waals surface area contributed by atoms with Gasteiger partial charge >= 0.3 is 0 Å². The fourth-order valence-corrected chi connectivity index (χ4v) is 3.45. The lowest BCUT2D eigenvalue weighted by Gasteiger charge is -2.40. The largest absolute Gasteiger partial charge is 0.342 e. The number of likely N-dealkylation sites (tertiary alicyclic amines) is 1. The van der Waals surface area contributed by atoms with Crippen LogP contribution in [0.1, 0.15) is 52.4 Å². The molecule has 2 aliphatic rings. The molecular weight excluding hydrogens is 248 g/mol. The van der Waals surface area contributed by atoms with Crippen molar-refractivity contribution in [2.24, 2.45) is 17.1 Å². The lowest BCUT2D eigenvalue weighted by molar-refractivity contribution is -0.144. The van der Waals surface area contributed by atoms with Gasteiger partial charge in [-0.05, 0) is 31.6 Å². The summed E-state index contributed by atoms with van der Waals surface area (Å²) in [5.41, 5.74) is 5.99. The number of nitrogens with two attached hydrogens (primary N) is 1. The summed E-state index contributed by atoms with van der Waals surface area (Å²) in [4.78, 5) is 14.8. The van der Waals surface area contributed by atoms with Crippen LogP contribution in [0.4, 0.5) is 0 Å². The van der Waals surface area contributed by atoms with E-state index in [1.54, 1.807) is 0 Å². The van der Waals surface area contributed by atoms with Gasteiger partial charge in [-0.15, -0.1) is 12.4 Å². The highest BCUT2D eigenvalue weighted by molar-refractivity contribution is 5.85. The van der Waals surface area contributed by atoms with Gasteiger partial charge in [0, 0.05) is 24.5 Å². The number of rotatable bonds is 2. The van der Waals surface area contributed by atoms with Crippen molar-refractivity contribution in [1.29, 1.82) is 0 Å². The van der Waals surface area contributed by atoms with E-state index in [0.29, 0.717) is 11.8 Å². The maximum atomic E-state index is 12.7. The van der Waals surface area contributed by atoms with Crippen LogP contribution in [0.2, 0.25) is 0 Å². The van der Waals surface area contributed by atoms with E-state index in [-0.39, 0.29) is 23.9 Å². The fraction of sp³-hybridized carbons (Fsp3) is 0.929. The molecule has 2 atom stereocenters. The summed E-state index contributed by atoms with van der Waals surface area (Å²) in [7, 11) is 0. The Bertz CT molecular complexity index is 290. The highest BCUT2D eigenvalue weighted by Gasteiger charge is 2.43. The number of hydrogen-bond donors (Lipinski definition) is 1. The van der Waals surface area contributed by atoms with E-state index in [1.807, 2.05) is 0 Å². The Balaban J connectivity index is 0.00000162. The molecule has 0 bridgehead atoms. The van der Waals surface area contributed by atoms with Gasteiger partial charge < -0.3 is 10.6 Å². The Morgan fingerprint density at radius 1 is 1.39 bits per heavy atom. The van der Waals surface area contributed by atoms with Crippen molar-refractivity contribution in [3.63, 3.8) is 0 Å². The average Bonchev–Trinajstić information content (AvgIpc) is 2.81. The molecule has 2 fully saturated rings. The molecule has 0 spiro atoms. The van der Waals surface area contributed by atoms with Crippen molar-refractivity contribution in [2.45, 2.75) is 58.4 Å². The van der Waals surface area contributed by atoms with E-state index in [2.05, 4.69) is 18.7 Å². The van der Waals surface area contributed by atoms with Gasteiger partial charge in [0.25, 0.3) is 0 Å². The molecule has 0 aromatic rings. The summed E-state index contributed by atoms with van der Waals surface area (Å²) in [6, 6.07) is 0.278. The maximum Gasteiger partial charge on any atom is 0.228 e. The van der Waals surface area contributed by atoms with Crippen molar-refractivity contribution in [2.75, 3.05) is 13.1 Å². The highest BCUT2D eigenvalue weighted by atomic mass is 35.5. The van der Waals surface area contributed by atoms with E-state index in [4.69, 9.17) is 5.73 Å². The van der Waals surface area contributed by atoms with E-state index < -0.39 is 0 Å². The second-order valence-corrected chi connectivity index (χ2v) is 6.02. The first-order valence-corrected chi connectivity index (χ1v) is 7.14. The van der Waals surface area contributed by atoms with E-state index in [9.17, 15) is 4.79 Å². The van der Waals surface area contributed by atoms with Gasteiger partial charge in [-0.3, -0.25) is 4.79 Å². The molecule has 3 nitrogen and oxygen atoms in total. The maximum absolute atomic E-state index is 12.7. The van der Waals surface area contributed by atoms with Crippen molar-refractivity contribution in [1.82, 2.24) is 4.90 Å². The Morgan fingerprint density at radius 2 is 2.00 bits per heavy atom. The van der Waals surface area contributed by atoms with Crippen LogP contribution in [-0.2, 0) is 4.79 Å². The van der Waals surface area contributed by atoms with Crippen LogP contribution in [0.25, 0.3) is 0 Å². The number of carbonyl (C=O) groups is 1. The third kappa shape index (κ3) is 2.83. The topological polar surface area (TPSA) is 46.3 Å². The number of hydrogen-bond acceptors (Lipinski definition) is 2. The van der Waals surface area contributed by atoms with Gasteiger partial charge in [0.2, 0.25) is 5.91 Å². The predicted octanol–water partition coefficient (Wildman–Crippen LogP) is 2.57. The van der Waals surface area contributed by atoms with E-state index in [0.717, 1.165) is 38.8 Å². The third-order valence-corrected chi connectivity index (χ3v) is 4.95. The SMILES string of the molecule is CCC1(C(=O)N2CCC(N)C(C)C2)CCCC1.Cl. The Morgan fingerprint density at radius 3 is 2.50 bits per heavy atom. The van der Waals surface area contributed by atoms with Crippen molar-refractivity contribution < 1.29 is 4.79 Å². The molecule has 1 heterocycles. The van der Waals surface area contributed by atoms with Crippen molar-refractivity contribution in [3.8, 4) is 0 Å². The molecule has 0 aromatic carbocycles. The van der Waals surface area contributed by atoms with Gasteiger partial charge in [-0.2, -0.15) is 0 Å². The fourth-order valence-electron chi connectivity index (χ4n) is 3.45. The molecule has 2 N–H and O–H groups in total. The minimum atomic E-state index is -0.0266. The van der Waals surface area contributed by atoms with Gasteiger partial charge in [-0.25, -0.2) is 0 Å². The van der Waals surface area contributed by atoms with E-state index in [1.165, 1.54) is 12.8 Å². The summed E-state index contributed by atoms with van der Waals surface area (Å²) in [6.07, 6.45) is 6.61. The van der Waals surface area contributed by atoms with Crippen LogP contribution in [0.5, 0.6) is 0 Å². The smallest absolute Gasteiger partial charge is 0.228 e. The molecule has 1 amide bonds. The Labute approximate surface area is 117 Å². The second kappa shape index (κ2) is 6.25. The first-order valence-electron chi connectivity index (χ1n) is 7.14. The number of carbonyl (C=O) groups excluding carboxylic acids is 1. The summed E-state index contributed by atoms with van der Waals surface area (Å²) < 4.78 is 0. The van der Waals surface area contributed by atoms with Gasteiger partial charge in [0.1, 0.15) is 0 Å². The summed E-state index contributed by atoms with van der Waals surface area (Å²) in [5, 5.41) is 0. The molecule has 1 saturated carbocycles. The Kier molecular flexibility index (Phi) is 5.47.